The second-order valence-electron chi connectivity index (χ2n) is 7.42. The van der Waals surface area contributed by atoms with Gasteiger partial charge in [-0.15, -0.1) is 0 Å². The lowest BCUT2D eigenvalue weighted by Gasteiger charge is -2.35. The van der Waals surface area contributed by atoms with Crippen molar-refractivity contribution in [2.24, 2.45) is 5.92 Å². The minimum Gasteiger partial charge on any atom is -0.390 e. The first-order chi connectivity index (χ1) is 14.5. The third-order valence-corrected chi connectivity index (χ3v) is 8.89. The van der Waals surface area contributed by atoms with Gasteiger partial charge in [0.05, 0.1) is 12.7 Å². The van der Waals surface area contributed by atoms with E-state index in [1.54, 1.807) is 0 Å². The molecule has 1 aromatic heterocycles. The number of phosphoric acid groups is 3. The summed E-state index contributed by atoms with van der Waals surface area (Å²) in [5.41, 5.74) is -2.82. The molecule has 1 saturated carbocycles. The minimum atomic E-state index is -5.70. The molecule has 6 unspecified atom stereocenters. The van der Waals surface area contributed by atoms with Crippen LogP contribution in [0.15, 0.2) is 15.8 Å². The molecule has 2 fully saturated rings. The van der Waals surface area contributed by atoms with Crippen LogP contribution in [0.2, 0.25) is 0 Å². The van der Waals surface area contributed by atoms with E-state index in [0.717, 1.165) is 4.57 Å². The van der Waals surface area contributed by atoms with E-state index in [9.17, 15) is 38.2 Å². The predicted molar refractivity (Wildman–Crippen MR) is 102 cm³/mol. The molecule has 1 saturated heterocycles. The number of aliphatic hydroxyl groups excluding tert-OH is 1. The standard InChI is InChI=1S/C13H21N2O14P3/c1-7-5-15(12(18)14-10(7)17)11-8-3-2-4-13(27-11,9(8)16)6-26-31(22,23)29-32(24,25)28-30(19,20)21/h5,8-9,11,16H,2-4,6H2,1H3,(H,22,23)(H,24,25)(H,14,17,18)(H2,19,20,21). The molecule has 2 heterocycles. The summed E-state index contributed by atoms with van der Waals surface area (Å²) in [6, 6.07) is 0. The number of hydrogen-bond donors (Lipinski definition) is 6. The topological polar surface area (TPSA) is 244 Å². The molecule has 1 aliphatic carbocycles. The van der Waals surface area contributed by atoms with Crippen LogP contribution >= 0.6 is 23.5 Å². The summed E-state index contributed by atoms with van der Waals surface area (Å²) in [5.74, 6) is -0.656. The van der Waals surface area contributed by atoms with Gasteiger partial charge in [0, 0.05) is 17.7 Å². The number of fused-ring (bicyclic) bond motifs is 2. The predicted octanol–water partition coefficient (Wildman–Crippen LogP) is -0.383. The monoisotopic (exact) mass is 522 g/mol. The third kappa shape index (κ3) is 5.55. The fourth-order valence-electron chi connectivity index (χ4n) is 3.81. The van der Waals surface area contributed by atoms with Gasteiger partial charge in [-0.25, -0.2) is 18.5 Å². The largest absolute Gasteiger partial charge is 0.490 e. The van der Waals surface area contributed by atoms with Crippen molar-refractivity contribution in [1.82, 2.24) is 9.55 Å². The molecule has 1 aromatic rings. The fraction of sp³-hybridized carbons (Fsp3) is 0.692. The molecular formula is C13H21N2O14P3. The molecule has 0 spiro atoms. The molecule has 32 heavy (non-hydrogen) atoms. The molecule has 3 rings (SSSR count). The van der Waals surface area contributed by atoms with Crippen LogP contribution in [-0.4, -0.2) is 52.5 Å². The van der Waals surface area contributed by atoms with E-state index in [1.165, 1.54) is 13.1 Å². The minimum absolute atomic E-state index is 0.105. The number of phosphoric ester groups is 1. The van der Waals surface area contributed by atoms with Gasteiger partial charge in [-0.1, -0.05) is 0 Å². The van der Waals surface area contributed by atoms with Gasteiger partial charge in [-0.3, -0.25) is 18.9 Å². The van der Waals surface area contributed by atoms with Crippen molar-refractivity contribution in [3.8, 4) is 0 Å². The summed E-state index contributed by atoms with van der Waals surface area (Å²) in [6.45, 7) is 0.610. The normalized spacial score (nSPS) is 31.8. The highest BCUT2D eigenvalue weighted by Gasteiger charge is 2.58. The van der Waals surface area contributed by atoms with Crippen LogP contribution in [0.4, 0.5) is 0 Å². The quantitative estimate of drug-likeness (QED) is 0.238. The molecule has 2 aliphatic rings. The van der Waals surface area contributed by atoms with Gasteiger partial charge in [0.15, 0.2) is 0 Å². The van der Waals surface area contributed by atoms with Crippen LogP contribution in [0.3, 0.4) is 0 Å². The average Bonchev–Trinajstić information content (AvgIpc) is 2.75. The van der Waals surface area contributed by atoms with E-state index < -0.39 is 65.2 Å². The number of rotatable bonds is 8. The number of nitrogens with zero attached hydrogens (tertiary/aromatic N) is 1. The van der Waals surface area contributed by atoms with Crippen molar-refractivity contribution in [3.05, 3.63) is 32.6 Å². The highest BCUT2D eigenvalue weighted by Crippen LogP contribution is 2.66. The Morgan fingerprint density at radius 1 is 1.19 bits per heavy atom. The van der Waals surface area contributed by atoms with Gasteiger partial charge in [-0.05, 0) is 26.2 Å². The summed E-state index contributed by atoms with van der Waals surface area (Å²) in [5, 5.41) is 10.8. The van der Waals surface area contributed by atoms with Gasteiger partial charge in [0.25, 0.3) is 5.56 Å². The summed E-state index contributed by atoms with van der Waals surface area (Å²) >= 11 is 0. The van der Waals surface area contributed by atoms with E-state index in [4.69, 9.17) is 14.5 Å². The molecule has 19 heteroatoms. The summed E-state index contributed by atoms with van der Waals surface area (Å²) < 4.78 is 53.1. The Kier molecular flexibility index (Phi) is 6.93. The Bertz CT molecular complexity index is 1140. The number of aryl methyl sites for hydroxylation is 1. The van der Waals surface area contributed by atoms with Gasteiger partial charge in [0.1, 0.15) is 11.8 Å². The fourth-order valence-corrected chi connectivity index (χ4v) is 6.89. The number of aliphatic hydroxyl groups is 1. The van der Waals surface area contributed by atoms with Crippen LogP contribution in [0.1, 0.15) is 31.1 Å². The van der Waals surface area contributed by atoms with E-state index >= 15 is 0 Å². The maximum Gasteiger partial charge on any atom is 0.490 e. The first kappa shape index (κ1) is 25.6. The van der Waals surface area contributed by atoms with Crippen molar-refractivity contribution >= 4 is 23.5 Å². The second-order valence-corrected chi connectivity index (χ2v) is 11.8. The first-order valence-corrected chi connectivity index (χ1v) is 13.5. The van der Waals surface area contributed by atoms with Crippen LogP contribution in [0, 0.1) is 12.8 Å². The lowest BCUT2D eigenvalue weighted by molar-refractivity contribution is -0.130. The molecule has 6 atom stereocenters. The van der Waals surface area contributed by atoms with Crippen LogP contribution < -0.4 is 11.2 Å². The maximum atomic E-state index is 12.2. The van der Waals surface area contributed by atoms with Gasteiger partial charge in [-0.2, -0.15) is 8.62 Å². The van der Waals surface area contributed by atoms with Gasteiger partial charge >= 0.3 is 29.2 Å². The maximum absolute atomic E-state index is 12.2. The first-order valence-electron chi connectivity index (χ1n) is 9.00. The zero-order valence-corrected chi connectivity index (χ0v) is 19.0. The Morgan fingerprint density at radius 3 is 2.47 bits per heavy atom. The smallest absolute Gasteiger partial charge is 0.390 e. The molecule has 0 radical (unpaired) electrons. The molecular weight excluding hydrogens is 501 g/mol. The molecule has 182 valence electrons. The van der Waals surface area contributed by atoms with E-state index in [2.05, 4.69) is 18.1 Å². The Labute approximate surface area is 179 Å². The zero-order chi connectivity index (χ0) is 24.1. The molecule has 0 amide bonds. The second kappa shape index (κ2) is 8.66. The molecule has 1 aliphatic heterocycles. The third-order valence-electron chi connectivity index (χ3n) is 5.11. The molecule has 6 N–H and O–H groups in total. The van der Waals surface area contributed by atoms with Crippen molar-refractivity contribution in [2.75, 3.05) is 6.61 Å². The number of hydrogen-bond acceptors (Lipinski definition) is 10. The number of nitrogens with one attached hydrogen (secondary N) is 1. The summed E-state index contributed by atoms with van der Waals surface area (Å²) in [7, 11) is -16.7. The van der Waals surface area contributed by atoms with Crippen LogP contribution in [0.25, 0.3) is 0 Å². The summed E-state index contributed by atoms with van der Waals surface area (Å²) in [4.78, 5) is 62.0. The van der Waals surface area contributed by atoms with Gasteiger partial charge < -0.3 is 29.4 Å². The Hall–Kier alpha value is -0.990. The molecule has 2 bridgehead atoms. The van der Waals surface area contributed by atoms with Crippen molar-refractivity contribution in [3.63, 3.8) is 0 Å². The highest BCUT2D eigenvalue weighted by molar-refractivity contribution is 7.66. The van der Waals surface area contributed by atoms with Crippen LogP contribution in [-0.2, 0) is 31.6 Å². The van der Waals surface area contributed by atoms with Crippen molar-refractivity contribution in [1.29, 1.82) is 0 Å². The van der Waals surface area contributed by atoms with Crippen LogP contribution in [0.5, 0.6) is 0 Å². The molecule has 16 nitrogen and oxygen atoms in total. The summed E-state index contributed by atoms with van der Waals surface area (Å²) in [6.07, 6.45) is -0.140. The number of H-pyrrole nitrogens is 1. The SMILES string of the molecule is Cc1cn(C2OC3(COP(=O)(O)OP(=O)(O)OP(=O)(O)O)CCCC2C3O)c(=O)[nH]c1=O. The number of aromatic nitrogens is 2. The van der Waals surface area contributed by atoms with E-state index in [1.807, 2.05) is 0 Å². The van der Waals surface area contributed by atoms with Crippen molar-refractivity contribution < 1.29 is 56.3 Å². The zero-order valence-electron chi connectivity index (χ0n) is 16.3. The Morgan fingerprint density at radius 2 is 1.84 bits per heavy atom. The number of ether oxygens (including phenoxy) is 1. The number of aromatic amines is 1. The Balaban J connectivity index is 1.80. The lowest BCUT2D eigenvalue weighted by Crippen LogP contribution is -2.47. The van der Waals surface area contributed by atoms with Gasteiger partial charge in [0.2, 0.25) is 0 Å². The lowest BCUT2D eigenvalue weighted by atomic mass is 9.78. The highest BCUT2D eigenvalue weighted by atomic mass is 31.3. The van der Waals surface area contributed by atoms with E-state index in [-0.39, 0.29) is 12.0 Å². The molecule has 0 aromatic carbocycles. The van der Waals surface area contributed by atoms with E-state index in [0.29, 0.717) is 12.8 Å². The van der Waals surface area contributed by atoms with Crippen molar-refractivity contribution in [2.45, 2.75) is 44.1 Å². The average molecular weight is 522 g/mol.